The van der Waals surface area contributed by atoms with E-state index in [-0.39, 0.29) is 6.61 Å². The number of amides is 1. The van der Waals surface area contributed by atoms with Gasteiger partial charge in [-0.25, -0.2) is 8.78 Å². The minimum atomic E-state index is -3.05. The van der Waals surface area contributed by atoms with Gasteiger partial charge in [-0.1, -0.05) is 25.2 Å². The molecule has 1 amide bonds. The van der Waals surface area contributed by atoms with Crippen molar-refractivity contribution in [3.8, 4) is 0 Å². The fourth-order valence-corrected chi connectivity index (χ4v) is 2.61. The molecule has 0 bridgehead atoms. The molecule has 27 heavy (non-hydrogen) atoms. The number of nitrogens with zero attached hydrogens (tertiary/aromatic N) is 3. The molecule has 0 radical (unpaired) electrons. The Kier molecular flexibility index (Phi) is 6.03. The van der Waals surface area contributed by atoms with E-state index >= 15 is 0 Å². The summed E-state index contributed by atoms with van der Waals surface area (Å²) in [6.45, 7) is 1.80. The Bertz CT molecular complexity index is 805. The van der Waals surface area contributed by atoms with E-state index in [2.05, 4.69) is 10.4 Å². The minimum Gasteiger partial charge on any atom is -0.465 e. The smallest absolute Gasteiger partial charge is 0.332 e. The summed E-state index contributed by atoms with van der Waals surface area (Å²) in [6.07, 6.45) is 3.40. The van der Waals surface area contributed by atoms with Crippen LogP contribution in [0, 0.1) is 16.0 Å². The van der Waals surface area contributed by atoms with Crippen LogP contribution in [-0.2, 0) is 16.6 Å². The van der Waals surface area contributed by atoms with E-state index in [1.165, 1.54) is 25.3 Å². The van der Waals surface area contributed by atoms with E-state index in [1.807, 2.05) is 0 Å². The van der Waals surface area contributed by atoms with Gasteiger partial charge in [0.15, 0.2) is 5.92 Å². The lowest BCUT2D eigenvalue weighted by Gasteiger charge is -2.29. The highest BCUT2D eigenvalue weighted by Gasteiger charge is 2.54. The lowest BCUT2D eigenvalue weighted by atomic mass is 9.88. The summed E-state index contributed by atoms with van der Waals surface area (Å²) in [7, 11) is 1.33. The number of nitro groups is 1. The largest absolute Gasteiger partial charge is 0.465 e. The molecule has 1 aliphatic rings. The molecule has 2 rings (SSSR count). The number of allylic oxidation sites excluding steroid dienone is 2. The van der Waals surface area contributed by atoms with E-state index in [0.717, 1.165) is 17.0 Å². The molecule has 1 aromatic heterocycles. The lowest BCUT2D eigenvalue weighted by molar-refractivity contribution is -0.566. The molecule has 1 heterocycles. The summed E-state index contributed by atoms with van der Waals surface area (Å²) < 4.78 is 32.2. The normalized spacial score (nSPS) is 21.3. The number of nitrogens with one attached hydrogen (secondary N) is 1. The quantitative estimate of drug-likeness (QED) is 0.331. The van der Waals surface area contributed by atoms with Crippen LogP contribution in [0.2, 0.25) is 0 Å². The third kappa shape index (κ3) is 4.01. The molecule has 1 unspecified atom stereocenters. The van der Waals surface area contributed by atoms with Crippen molar-refractivity contribution in [1.82, 2.24) is 15.1 Å². The van der Waals surface area contributed by atoms with Crippen molar-refractivity contribution >= 4 is 11.9 Å². The van der Waals surface area contributed by atoms with Gasteiger partial charge in [0.2, 0.25) is 0 Å². The predicted octanol–water partition coefficient (Wildman–Crippen LogP) is 1.76. The number of alkyl halides is 2. The number of ether oxygens (including phenoxy) is 1. The highest BCUT2D eigenvalue weighted by Crippen LogP contribution is 2.29. The highest BCUT2D eigenvalue weighted by molar-refractivity contribution is 5.96. The van der Waals surface area contributed by atoms with Gasteiger partial charge in [-0.15, -0.1) is 0 Å². The lowest BCUT2D eigenvalue weighted by Crippen LogP contribution is -2.60. The first kappa shape index (κ1) is 20.2. The van der Waals surface area contributed by atoms with Crippen molar-refractivity contribution < 1.29 is 28.0 Å². The van der Waals surface area contributed by atoms with Crippen LogP contribution in [0.25, 0.3) is 0 Å². The average Bonchev–Trinajstić information content (AvgIpc) is 3.02. The monoisotopic (exact) mass is 384 g/mol. The Morgan fingerprint density at radius 3 is 2.78 bits per heavy atom. The Morgan fingerprint density at radius 2 is 2.19 bits per heavy atom. The van der Waals surface area contributed by atoms with Crippen molar-refractivity contribution in [2.75, 3.05) is 6.61 Å². The van der Waals surface area contributed by atoms with Gasteiger partial charge in [-0.3, -0.25) is 29.7 Å². The maximum Gasteiger partial charge on any atom is 0.332 e. The predicted molar refractivity (Wildman–Crippen MR) is 88.4 cm³/mol. The number of carbonyl (C=O) groups is 2. The second-order valence-corrected chi connectivity index (χ2v) is 5.83. The van der Waals surface area contributed by atoms with Gasteiger partial charge in [-0.05, 0) is 6.42 Å². The molecule has 11 heteroatoms. The molecule has 146 valence electrons. The molecule has 0 spiro atoms. The number of rotatable bonds is 7. The molecule has 9 nitrogen and oxygen atoms in total. The standard InChI is InChI=1S/C16H18F2N4O5/c1-3-8-27-15(24)11-6-4-5-7-16(11,22(25)26)19-14(23)10-9-21(2)20-12(10)13(17)18/h4-7,9,11,13H,3,8H2,1-2H3,(H,19,23)/t11-,16?/m1/s1. The Balaban J connectivity index is 2.39. The molecule has 1 N–H and O–H groups in total. The van der Waals surface area contributed by atoms with E-state index < -0.39 is 46.1 Å². The van der Waals surface area contributed by atoms with E-state index in [4.69, 9.17) is 4.74 Å². The van der Waals surface area contributed by atoms with Crippen LogP contribution in [-0.4, -0.2) is 38.9 Å². The minimum absolute atomic E-state index is 0.0484. The van der Waals surface area contributed by atoms with Crippen LogP contribution in [0.4, 0.5) is 8.78 Å². The van der Waals surface area contributed by atoms with E-state index in [0.29, 0.717) is 6.42 Å². The molecule has 2 atom stereocenters. The van der Waals surface area contributed by atoms with Crippen molar-refractivity contribution in [2.45, 2.75) is 25.4 Å². The second-order valence-electron chi connectivity index (χ2n) is 5.83. The number of carbonyl (C=O) groups excluding carboxylic acids is 2. The summed E-state index contributed by atoms with van der Waals surface area (Å²) in [4.78, 5) is 35.7. The number of hydrogen-bond acceptors (Lipinski definition) is 6. The van der Waals surface area contributed by atoms with Crippen LogP contribution in [0.3, 0.4) is 0 Å². The summed E-state index contributed by atoms with van der Waals surface area (Å²) in [5, 5.41) is 17.4. The summed E-state index contributed by atoms with van der Waals surface area (Å²) in [5.41, 5.74) is -3.70. The van der Waals surface area contributed by atoms with E-state index in [9.17, 15) is 28.5 Å². The maximum absolute atomic E-state index is 13.1. The first-order chi connectivity index (χ1) is 12.7. The van der Waals surface area contributed by atoms with Crippen LogP contribution in [0.1, 0.15) is 35.8 Å². The zero-order valence-corrected chi connectivity index (χ0v) is 14.6. The zero-order valence-electron chi connectivity index (χ0n) is 14.6. The fourth-order valence-electron chi connectivity index (χ4n) is 2.61. The van der Waals surface area contributed by atoms with Gasteiger partial charge < -0.3 is 4.74 Å². The number of aryl methyl sites for hydroxylation is 1. The topological polar surface area (TPSA) is 116 Å². The average molecular weight is 384 g/mol. The van der Waals surface area contributed by atoms with Crippen LogP contribution < -0.4 is 5.32 Å². The number of hydrogen-bond donors (Lipinski definition) is 1. The number of aromatic nitrogens is 2. The molecule has 0 saturated carbocycles. The van der Waals surface area contributed by atoms with Gasteiger partial charge in [0, 0.05) is 19.3 Å². The van der Waals surface area contributed by atoms with Gasteiger partial charge >= 0.3 is 11.6 Å². The van der Waals surface area contributed by atoms with Gasteiger partial charge in [0.1, 0.15) is 5.69 Å². The van der Waals surface area contributed by atoms with E-state index in [1.54, 1.807) is 6.92 Å². The summed E-state index contributed by atoms with van der Waals surface area (Å²) in [6, 6.07) is 0. The molecule has 0 aromatic carbocycles. The molecule has 1 aliphatic carbocycles. The fraction of sp³-hybridized carbons (Fsp3) is 0.438. The Hall–Kier alpha value is -3.11. The molecular weight excluding hydrogens is 366 g/mol. The first-order valence-electron chi connectivity index (χ1n) is 8.04. The third-order valence-corrected chi connectivity index (χ3v) is 3.87. The first-order valence-corrected chi connectivity index (χ1v) is 8.04. The summed E-state index contributed by atoms with van der Waals surface area (Å²) in [5.74, 6) is -3.52. The van der Waals surface area contributed by atoms with Crippen LogP contribution in [0.5, 0.6) is 0 Å². The highest BCUT2D eigenvalue weighted by atomic mass is 19.3. The molecule has 1 aromatic rings. The Labute approximate surface area is 152 Å². The number of esters is 1. The SMILES string of the molecule is CCCOC(=O)[C@H]1C=CC=CC1(NC(=O)c1cn(C)nc1C(F)F)[N+](=O)[O-]. The van der Waals surface area contributed by atoms with Gasteiger partial charge in [-0.2, -0.15) is 5.10 Å². The molecular formula is C16H18F2N4O5. The zero-order chi connectivity index (χ0) is 20.2. The summed E-state index contributed by atoms with van der Waals surface area (Å²) >= 11 is 0. The van der Waals surface area contributed by atoms with Crippen molar-refractivity contribution in [3.63, 3.8) is 0 Å². The van der Waals surface area contributed by atoms with Crippen molar-refractivity contribution in [1.29, 1.82) is 0 Å². The molecule has 0 aliphatic heterocycles. The number of halogens is 2. The second kappa shape index (κ2) is 8.06. The maximum atomic E-state index is 13.1. The van der Waals surface area contributed by atoms with Crippen molar-refractivity contribution in [2.24, 2.45) is 13.0 Å². The van der Waals surface area contributed by atoms with Crippen LogP contribution in [0.15, 0.2) is 30.5 Å². The van der Waals surface area contributed by atoms with Crippen LogP contribution >= 0.6 is 0 Å². The van der Waals surface area contributed by atoms with Gasteiger partial charge in [0.25, 0.3) is 12.3 Å². The van der Waals surface area contributed by atoms with Gasteiger partial charge in [0.05, 0.1) is 17.1 Å². The molecule has 0 saturated heterocycles. The third-order valence-electron chi connectivity index (χ3n) is 3.87. The van der Waals surface area contributed by atoms with Crippen molar-refractivity contribution in [3.05, 3.63) is 51.9 Å². The molecule has 0 fully saturated rings. The Morgan fingerprint density at radius 1 is 1.48 bits per heavy atom.